The molecule has 1 nitrogen and oxygen atoms in total. The first-order chi connectivity index (χ1) is 7.33. The molecule has 0 bridgehead atoms. The van der Waals surface area contributed by atoms with Gasteiger partial charge in [0.15, 0.2) is 0 Å². The Balaban J connectivity index is 2.09. The van der Waals surface area contributed by atoms with Crippen molar-refractivity contribution >= 4 is 0 Å². The molecule has 1 atom stereocenters. The van der Waals surface area contributed by atoms with Crippen LogP contribution in [0, 0.1) is 0 Å². The maximum atomic E-state index is 3.37. The Morgan fingerprint density at radius 1 is 1.27 bits per heavy atom. The van der Waals surface area contributed by atoms with Crippen molar-refractivity contribution in [2.24, 2.45) is 0 Å². The van der Waals surface area contributed by atoms with Crippen LogP contribution >= 0.6 is 0 Å². The second-order valence-corrected chi connectivity index (χ2v) is 4.55. The highest BCUT2D eigenvalue weighted by molar-refractivity contribution is 5.35. The normalized spacial score (nSPS) is 16.4. The molecule has 15 heavy (non-hydrogen) atoms. The molecule has 1 aliphatic carbocycles. The fraction of sp³-hybridized carbons (Fsp3) is 0.571. The van der Waals surface area contributed by atoms with Crippen molar-refractivity contribution in [3.8, 4) is 0 Å². The van der Waals surface area contributed by atoms with E-state index in [4.69, 9.17) is 0 Å². The third-order valence-corrected chi connectivity index (χ3v) is 3.55. The molecule has 0 radical (unpaired) electrons. The lowest BCUT2D eigenvalue weighted by Gasteiger charge is -2.14. The number of hydrogen-bond acceptors (Lipinski definition) is 1. The summed E-state index contributed by atoms with van der Waals surface area (Å²) in [7, 11) is 2.06. The quantitative estimate of drug-likeness (QED) is 0.793. The average Bonchev–Trinajstić information content (AvgIpc) is 2.73. The number of hydrogen-bond donors (Lipinski definition) is 1. The number of benzene rings is 1. The molecule has 1 unspecified atom stereocenters. The van der Waals surface area contributed by atoms with E-state index >= 15 is 0 Å². The highest BCUT2D eigenvalue weighted by Gasteiger charge is 2.12. The molecule has 0 saturated carbocycles. The first kappa shape index (κ1) is 10.7. The Morgan fingerprint density at radius 3 is 2.80 bits per heavy atom. The Morgan fingerprint density at radius 2 is 2.07 bits per heavy atom. The van der Waals surface area contributed by atoms with E-state index in [9.17, 15) is 0 Å². The highest BCUT2D eigenvalue weighted by Crippen LogP contribution is 2.23. The standard InChI is InChI=1S/C14H21N/c1-3-14(15-2)10-11-7-8-12-5-4-6-13(12)9-11/h7-9,14-15H,3-6,10H2,1-2H3. The summed E-state index contributed by atoms with van der Waals surface area (Å²) in [6, 6.07) is 7.69. The smallest absolute Gasteiger partial charge is 0.0102 e. The van der Waals surface area contributed by atoms with E-state index in [-0.39, 0.29) is 0 Å². The SMILES string of the molecule is CCC(Cc1ccc2c(c1)CCC2)NC. The van der Waals surface area contributed by atoms with Crippen LogP contribution in [0.25, 0.3) is 0 Å². The molecule has 2 rings (SSSR count). The van der Waals surface area contributed by atoms with Crippen molar-refractivity contribution in [1.29, 1.82) is 0 Å². The lowest BCUT2D eigenvalue weighted by molar-refractivity contribution is 0.543. The summed E-state index contributed by atoms with van der Waals surface area (Å²) >= 11 is 0. The van der Waals surface area contributed by atoms with Crippen molar-refractivity contribution in [2.75, 3.05) is 7.05 Å². The van der Waals surface area contributed by atoms with Gasteiger partial charge in [0, 0.05) is 6.04 Å². The third-order valence-electron chi connectivity index (χ3n) is 3.55. The second-order valence-electron chi connectivity index (χ2n) is 4.55. The van der Waals surface area contributed by atoms with Gasteiger partial charge in [-0.3, -0.25) is 0 Å². The van der Waals surface area contributed by atoms with E-state index in [2.05, 4.69) is 37.5 Å². The van der Waals surface area contributed by atoms with Crippen LogP contribution in [0.15, 0.2) is 18.2 Å². The van der Waals surface area contributed by atoms with Crippen LogP contribution in [-0.2, 0) is 19.3 Å². The molecule has 1 N–H and O–H groups in total. The molecule has 0 amide bonds. The number of fused-ring (bicyclic) bond motifs is 1. The van der Waals surface area contributed by atoms with Crippen molar-refractivity contribution in [3.63, 3.8) is 0 Å². The fourth-order valence-electron chi connectivity index (χ4n) is 2.49. The van der Waals surface area contributed by atoms with Gasteiger partial charge in [-0.1, -0.05) is 25.1 Å². The molecule has 1 aliphatic rings. The maximum absolute atomic E-state index is 3.37. The molecule has 1 aromatic rings. The highest BCUT2D eigenvalue weighted by atomic mass is 14.9. The summed E-state index contributed by atoms with van der Waals surface area (Å²) in [4.78, 5) is 0. The van der Waals surface area contributed by atoms with Crippen molar-refractivity contribution in [2.45, 2.75) is 45.1 Å². The lowest BCUT2D eigenvalue weighted by atomic mass is 10.00. The minimum absolute atomic E-state index is 0.629. The van der Waals surface area contributed by atoms with Crippen LogP contribution < -0.4 is 5.32 Å². The van der Waals surface area contributed by atoms with Crippen molar-refractivity contribution in [3.05, 3.63) is 34.9 Å². The summed E-state index contributed by atoms with van der Waals surface area (Å²) < 4.78 is 0. The molecular weight excluding hydrogens is 182 g/mol. The molecular formula is C14H21N. The number of rotatable bonds is 4. The average molecular weight is 203 g/mol. The molecule has 0 aliphatic heterocycles. The molecule has 0 spiro atoms. The number of likely N-dealkylation sites (N-methyl/N-ethyl adjacent to an activating group) is 1. The molecule has 0 heterocycles. The molecule has 0 fully saturated rings. The van der Waals surface area contributed by atoms with E-state index in [0.29, 0.717) is 6.04 Å². The monoisotopic (exact) mass is 203 g/mol. The zero-order valence-corrected chi connectivity index (χ0v) is 9.84. The summed E-state index contributed by atoms with van der Waals surface area (Å²) in [6.45, 7) is 2.24. The van der Waals surface area contributed by atoms with Gasteiger partial charge in [0.05, 0.1) is 0 Å². The fourth-order valence-corrected chi connectivity index (χ4v) is 2.49. The number of nitrogens with one attached hydrogen (secondary N) is 1. The molecule has 1 heteroatoms. The van der Waals surface area contributed by atoms with Gasteiger partial charge in [-0.15, -0.1) is 0 Å². The predicted octanol–water partition coefficient (Wildman–Crippen LogP) is 2.72. The van der Waals surface area contributed by atoms with Crippen molar-refractivity contribution < 1.29 is 0 Å². The second kappa shape index (κ2) is 4.80. The Labute approximate surface area is 92.9 Å². The zero-order valence-electron chi connectivity index (χ0n) is 9.84. The van der Waals surface area contributed by atoms with E-state index < -0.39 is 0 Å². The van der Waals surface area contributed by atoms with Gasteiger partial charge in [-0.2, -0.15) is 0 Å². The summed E-state index contributed by atoms with van der Waals surface area (Å²) in [5.74, 6) is 0. The first-order valence-electron chi connectivity index (χ1n) is 6.11. The van der Waals surface area contributed by atoms with Gasteiger partial charge in [0.2, 0.25) is 0 Å². The Kier molecular flexibility index (Phi) is 3.42. The predicted molar refractivity (Wildman–Crippen MR) is 65.3 cm³/mol. The number of aryl methyl sites for hydroxylation is 2. The van der Waals surface area contributed by atoms with Gasteiger partial charge in [0.25, 0.3) is 0 Å². The minimum atomic E-state index is 0.629. The van der Waals surface area contributed by atoms with Gasteiger partial charge in [-0.05, 0) is 55.8 Å². The van der Waals surface area contributed by atoms with Gasteiger partial charge >= 0.3 is 0 Å². The maximum Gasteiger partial charge on any atom is 0.0102 e. The minimum Gasteiger partial charge on any atom is -0.317 e. The van der Waals surface area contributed by atoms with Gasteiger partial charge in [-0.25, -0.2) is 0 Å². The summed E-state index contributed by atoms with van der Waals surface area (Å²) in [5, 5.41) is 3.37. The third kappa shape index (κ3) is 2.40. The van der Waals surface area contributed by atoms with E-state index in [1.54, 1.807) is 11.1 Å². The molecule has 0 saturated heterocycles. The van der Waals surface area contributed by atoms with Crippen LogP contribution in [0.3, 0.4) is 0 Å². The topological polar surface area (TPSA) is 12.0 Å². The summed E-state index contributed by atoms with van der Waals surface area (Å²) in [6.07, 6.45) is 6.30. The Hall–Kier alpha value is -0.820. The van der Waals surface area contributed by atoms with Crippen LogP contribution in [0.1, 0.15) is 36.5 Å². The van der Waals surface area contributed by atoms with Crippen LogP contribution in [-0.4, -0.2) is 13.1 Å². The van der Waals surface area contributed by atoms with E-state index in [1.165, 1.54) is 37.7 Å². The van der Waals surface area contributed by atoms with Crippen LogP contribution in [0.2, 0.25) is 0 Å². The largest absolute Gasteiger partial charge is 0.317 e. The summed E-state index contributed by atoms with van der Waals surface area (Å²) in [5.41, 5.74) is 4.67. The van der Waals surface area contributed by atoms with Gasteiger partial charge in [0.1, 0.15) is 0 Å². The lowest BCUT2D eigenvalue weighted by Crippen LogP contribution is -2.26. The molecule has 0 aromatic heterocycles. The van der Waals surface area contributed by atoms with Crippen LogP contribution in [0.5, 0.6) is 0 Å². The molecule has 1 aromatic carbocycles. The van der Waals surface area contributed by atoms with Gasteiger partial charge < -0.3 is 5.32 Å². The van der Waals surface area contributed by atoms with Crippen LogP contribution in [0.4, 0.5) is 0 Å². The van der Waals surface area contributed by atoms with Crippen molar-refractivity contribution in [1.82, 2.24) is 5.32 Å². The van der Waals surface area contributed by atoms with E-state index in [1.807, 2.05) is 0 Å². The zero-order chi connectivity index (χ0) is 10.7. The molecule has 82 valence electrons. The van der Waals surface area contributed by atoms with E-state index in [0.717, 1.165) is 0 Å². The Bertz CT molecular complexity index is 326. The first-order valence-corrected chi connectivity index (χ1v) is 6.11.